The smallest absolute Gasteiger partial charge is 0.100 e. The molecule has 0 amide bonds. The van der Waals surface area contributed by atoms with Crippen LogP contribution in [0.2, 0.25) is 0 Å². The van der Waals surface area contributed by atoms with Gasteiger partial charge in [-0.2, -0.15) is 0 Å². The molecule has 0 radical (unpaired) electrons. The Bertz CT molecular complexity index is 62.2. The molecule has 0 fully saturated rings. The molecule has 0 aromatic carbocycles. The van der Waals surface area contributed by atoms with Gasteiger partial charge in [0.05, 0.1) is 26.4 Å². The van der Waals surface area contributed by atoms with Gasteiger partial charge in [0.15, 0.2) is 0 Å². The maximum atomic E-state index is 8.17. The van der Waals surface area contributed by atoms with Crippen molar-refractivity contribution >= 4 is 0 Å². The summed E-state index contributed by atoms with van der Waals surface area (Å²) in [4.78, 5) is 0. The lowest BCUT2D eigenvalue weighted by molar-refractivity contribution is 0.0450. The predicted octanol–water partition coefficient (Wildman–Crippen LogP) is -1.09. The summed E-state index contributed by atoms with van der Waals surface area (Å²) in [5, 5.41) is 39.3. The van der Waals surface area contributed by atoms with Gasteiger partial charge in [0.25, 0.3) is 0 Å². The Morgan fingerprint density at radius 2 is 0.929 bits per heavy atom. The molecule has 0 bridgehead atoms. The van der Waals surface area contributed by atoms with Crippen molar-refractivity contribution in [3.05, 3.63) is 26.3 Å². The minimum absolute atomic E-state index is 0.125. The second-order valence-corrected chi connectivity index (χ2v) is 1.47. The van der Waals surface area contributed by atoms with E-state index in [4.69, 9.17) is 25.5 Å². The summed E-state index contributed by atoms with van der Waals surface area (Å²) in [5.74, 6) is 0. The van der Waals surface area contributed by atoms with Crippen LogP contribution >= 0.6 is 0 Å². The SMILES string of the molecule is C=C.C=C.OCC(O)CO.OCCO. The van der Waals surface area contributed by atoms with Crippen molar-refractivity contribution in [3.8, 4) is 0 Å². The zero-order chi connectivity index (χ0) is 12.4. The highest BCUT2D eigenvalue weighted by molar-refractivity contribution is 4.44. The van der Waals surface area contributed by atoms with Gasteiger partial charge in [-0.25, -0.2) is 0 Å². The highest BCUT2D eigenvalue weighted by Gasteiger charge is 1.93. The number of hydrogen-bond acceptors (Lipinski definition) is 5. The first-order chi connectivity index (χ1) is 6.72. The molecule has 0 aromatic rings. The zero-order valence-electron chi connectivity index (χ0n) is 8.47. The van der Waals surface area contributed by atoms with Crippen LogP contribution in [0, 0.1) is 0 Å². The lowest BCUT2D eigenvalue weighted by Gasteiger charge is -1.96. The van der Waals surface area contributed by atoms with Gasteiger partial charge in [0, 0.05) is 0 Å². The van der Waals surface area contributed by atoms with E-state index in [1.165, 1.54) is 0 Å². The Labute approximate surface area is 85.3 Å². The summed E-state index contributed by atoms with van der Waals surface area (Å²) in [7, 11) is 0. The maximum absolute atomic E-state index is 8.17. The lowest BCUT2D eigenvalue weighted by atomic mass is 10.4. The molecule has 14 heavy (non-hydrogen) atoms. The van der Waals surface area contributed by atoms with Gasteiger partial charge in [-0.05, 0) is 0 Å². The molecule has 0 saturated heterocycles. The summed E-state index contributed by atoms with van der Waals surface area (Å²) in [6.45, 7) is 11.0. The fourth-order valence-corrected chi connectivity index (χ4v) is 0.0577. The molecule has 5 heteroatoms. The Balaban J connectivity index is -0.0000000546. The largest absolute Gasteiger partial charge is 0.394 e. The normalized spacial score (nSPS) is 7.00. The first kappa shape index (κ1) is 23.3. The average molecular weight is 210 g/mol. The molecule has 0 unspecified atom stereocenters. The highest BCUT2D eigenvalue weighted by Crippen LogP contribution is 1.71. The van der Waals surface area contributed by atoms with Crippen LogP contribution in [0.5, 0.6) is 0 Å². The second-order valence-electron chi connectivity index (χ2n) is 1.47. The Morgan fingerprint density at radius 3 is 0.929 bits per heavy atom. The van der Waals surface area contributed by atoms with E-state index in [0.29, 0.717) is 0 Å². The molecule has 0 aromatic heterocycles. The quantitative estimate of drug-likeness (QED) is 0.381. The van der Waals surface area contributed by atoms with Crippen molar-refractivity contribution in [2.75, 3.05) is 26.4 Å². The van der Waals surface area contributed by atoms with E-state index in [-0.39, 0.29) is 26.4 Å². The van der Waals surface area contributed by atoms with E-state index < -0.39 is 6.10 Å². The summed E-state index contributed by atoms with van der Waals surface area (Å²) in [6, 6.07) is 0. The van der Waals surface area contributed by atoms with E-state index in [1.807, 2.05) is 0 Å². The van der Waals surface area contributed by atoms with Crippen molar-refractivity contribution in [1.29, 1.82) is 0 Å². The predicted molar refractivity (Wildman–Crippen MR) is 56.9 cm³/mol. The molecule has 0 atom stereocenters. The molecule has 0 aliphatic carbocycles. The fraction of sp³-hybridized carbons (Fsp3) is 0.556. The molecule has 0 heterocycles. The molecular weight excluding hydrogens is 188 g/mol. The van der Waals surface area contributed by atoms with E-state index in [2.05, 4.69) is 26.3 Å². The van der Waals surface area contributed by atoms with E-state index in [1.54, 1.807) is 0 Å². The van der Waals surface area contributed by atoms with Crippen LogP contribution in [-0.2, 0) is 0 Å². The van der Waals surface area contributed by atoms with Crippen molar-refractivity contribution in [2.24, 2.45) is 0 Å². The van der Waals surface area contributed by atoms with Crippen molar-refractivity contribution in [3.63, 3.8) is 0 Å². The molecule has 5 nitrogen and oxygen atoms in total. The second kappa shape index (κ2) is 39.6. The monoisotopic (exact) mass is 210 g/mol. The van der Waals surface area contributed by atoms with Gasteiger partial charge in [-0.3, -0.25) is 0 Å². The Kier molecular flexibility index (Phi) is 65.8. The number of hydrogen-bond donors (Lipinski definition) is 5. The Hall–Kier alpha value is -0.720. The summed E-state index contributed by atoms with van der Waals surface area (Å²) in [6.07, 6.45) is -0.954. The van der Waals surface area contributed by atoms with Crippen LogP contribution < -0.4 is 0 Å². The van der Waals surface area contributed by atoms with E-state index in [0.717, 1.165) is 0 Å². The first-order valence-electron chi connectivity index (χ1n) is 3.84. The molecule has 0 spiro atoms. The molecule has 0 aliphatic heterocycles. The van der Waals surface area contributed by atoms with Gasteiger partial charge >= 0.3 is 0 Å². The summed E-state index contributed by atoms with van der Waals surface area (Å²) >= 11 is 0. The van der Waals surface area contributed by atoms with Crippen molar-refractivity contribution < 1.29 is 25.5 Å². The van der Waals surface area contributed by atoms with Gasteiger partial charge in [-0.15, -0.1) is 26.3 Å². The van der Waals surface area contributed by atoms with Crippen LogP contribution in [0.4, 0.5) is 0 Å². The van der Waals surface area contributed by atoms with Crippen LogP contribution in [0.25, 0.3) is 0 Å². The minimum atomic E-state index is -0.954. The third-order valence-electron chi connectivity index (χ3n) is 0.521. The third-order valence-corrected chi connectivity index (χ3v) is 0.521. The highest BCUT2D eigenvalue weighted by atomic mass is 16.3. The molecule has 88 valence electrons. The molecule has 5 N–H and O–H groups in total. The lowest BCUT2D eigenvalue weighted by Crippen LogP contribution is -2.15. The maximum Gasteiger partial charge on any atom is 0.100 e. The van der Waals surface area contributed by atoms with Crippen LogP contribution in [0.3, 0.4) is 0 Å². The van der Waals surface area contributed by atoms with Crippen molar-refractivity contribution in [2.45, 2.75) is 6.10 Å². The summed E-state index contributed by atoms with van der Waals surface area (Å²) < 4.78 is 0. The van der Waals surface area contributed by atoms with Crippen LogP contribution in [0.1, 0.15) is 0 Å². The molecule has 0 rings (SSSR count). The first-order valence-corrected chi connectivity index (χ1v) is 3.84. The fourth-order valence-electron chi connectivity index (χ4n) is 0.0577. The standard InChI is InChI=1S/C3H8O3.C2H6O2.2C2H4/c4-1-3(6)2-5;3-1-2-4;2*1-2/h3-6H,1-2H2;3-4H,1-2H2;2*1-2H2. The zero-order valence-corrected chi connectivity index (χ0v) is 8.47. The summed E-state index contributed by atoms with van der Waals surface area (Å²) in [5.41, 5.74) is 0. The van der Waals surface area contributed by atoms with Crippen LogP contribution in [-0.4, -0.2) is 58.1 Å². The molecule has 0 saturated carbocycles. The van der Waals surface area contributed by atoms with Crippen molar-refractivity contribution in [1.82, 2.24) is 0 Å². The number of aliphatic hydroxyl groups is 5. The molecular formula is C9H22O5. The Morgan fingerprint density at radius 1 is 0.714 bits per heavy atom. The van der Waals surface area contributed by atoms with Crippen LogP contribution in [0.15, 0.2) is 26.3 Å². The average Bonchev–Trinajstić information content (AvgIpc) is 2.33. The van der Waals surface area contributed by atoms with Gasteiger partial charge in [-0.1, -0.05) is 0 Å². The van der Waals surface area contributed by atoms with Gasteiger partial charge in [0.1, 0.15) is 6.10 Å². The van der Waals surface area contributed by atoms with E-state index >= 15 is 0 Å². The number of rotatable bonds is 3. The minimum Gasteiger partial charge on any atom is -0.394 e. The van der Waals surface area contributed by atoms with Gasteiger partial charge in [0.2, 0.25) is 0 Å². The topological polar surface area (TPSA) is 101 Å². The number of aliphatic hydroxyl groups excluding tert-OH is 5. The van der Waals surface area contributed by atoms with E-state index in [9.17, 15) is 0 Å². The van der Waals surface area contributed by atoms with Gasteiger partial charge < -0.3 is 25.5 Å². The molecule has 0 aliphatic rings. The third kappa shape index (κ3) is 65.1.